The first kappa shape index (κ1) is 13.9. The lowest BCUT2D eigenvalue weighted by Gasteiger charge is -2.28. The van der Waals surface area contributed by atoms with Crippen LogP contribution in [0.15, 0.2) is 0 Å². The molecule has 2 N–H and O–H groups in total. The van der Waals surface area contributed by atoms with Crippen molar-refractivity contribution in [3.63, 3.8) is 0 Å². The van der Waals surface area contributed by atoms with E-state index in [1.165, 1.54) is 6.42 Å². The van der Waals surface area contributed by atoms with E-state index in [2.05, 4.69) is 31.1 Å². The summed E-state index contributed by atoms with van der Waals surface area (Å²) >= 11 is 0. The zero-order chi connectivity index (χ0) is 12.3. The fourth-order valence-corrected chi connectivity index (χ4v) is 2.14. The lowest BCUT2D eigenvalue weighted by atomic mass is 10.4. The van der Waals surface area contributed by atoms with Crippen LogP contribution in [-0.4, -0.2) is 60.0 Å². The number of aliphatic hydroxyl groups is 1. The van der Waals surface area contributed by atoms with Crippen molar-refractivity contribution in [2.24, 2.45) is 0 Å². The van der Waals surface area contributed by atoms with Crippen LogP contribution >= 0.6 is 0 Å². The van der Waals surface area contributed by atoms with E-state index in [9.17, 15) is 5.11 Å². The largest absolute Gasteiger partial charge is 0.378 e. The summed E-state index contributed by atoms with van der Waals surface area (Å²) in [6.07, 6.45) is 1.69. The van der Waals surface area contributed by atoms with E-state index in [0.717, 1.165) is 13.1 Å². The Bertz CT molecular complexity index is 210. The van der Waals surface area contributed by atoms with E-state index >= 15 is 0 Å². The normalized spacial score (nSPS) is 26.8. The Morgan fingerprint density at radius 1 is 1.38 bits per heavy atom. The van der Waals surface area contributed by atoms with Crippen molar-refractivity contribution in [1.82, 2.24) is 15.1 Å². The van der Waals surface area contributed by atoms with Crippen LogP contribution < -0.4 is 5.32 Å². The van der Waals surface area contributed by atoms with E-state index in [-0.39, 0.29) is 6.23 Å². The van der Waals surface area contributed by atoms with E-state index in [1.807, 2.05) is 18.9 Å². The third-order valence-electron chi connectivity index (χ3n) is 3.19. The third kappa shape index (κ3) is 4.01. The molecule has 1 aliphatic rings. The summed E-state index contributed by atoms with van der Waals surface area (Å²) in [6.45, 7) is 7.20. The van der Waals surface area contributed by atoms with Crippen LogP contribution in [0.25, 0.3) is 0 Å². The minimum atomic E-state index is -0.322. The van der Waals surface area contributed by atoms with Gasteiger partial charge in [-0.2, -0.15) is 0 Å². The molecule has 4 heteroatoms. The fourth-order valence-electron chi connectivity index (χ4n) is 2.14. The average Bonchev–Trinajstić information content (AvgIpc) is 2.94. The quantitative estimate of drug-likeness (QED) is 0.630. The number of hydrogen-bond acceptors (Lipinski definition) is 4. The molecule has 0 aromatic carbocycles. The maximum Gasteiger partial charge on any atom is 0.107 e. The predicted octanol–water partition coefficient (Wildman–Crippen LogP) is 0.675. The molecule has 0 saturated heterocycles. The molecule has 0 heterocycles. The van der Waals surface area contributed by atoms with Crippen LogP contribution in [0.1, 0.15) is 33.6 Å². The molecule has 0 spiro atoms. The van der Waals surface area contributed by atoms with E-state index in [4.69, 9.17) is 0 Å². The van der Waals surface area contributed by atoms with Gasteiger partial charge >= 0.3 is 0 Å². The van der Waals surface area contributed by atoms with Gasteiger partial charge < -0.3 is 10.4 Å². The summed E-state index contributed by atoms with van der Waals surface area (Å²) in [5.41, 5.74) is 0. The first-order valence-electron chi connectivity index (χ1n) is 6.30. The van der Waals surface area contributed by atoms with E-state index in [1.54, 1.807) is 0 Å². The minimum Gasteiger partial charge on any atom is -0.378 e. The van der Waals surface area contributed by atoms with Gasteiger partial charge in [-0.1, -0.05) is 20.8 Å². The molecular formula is C12H27N3O. The molecule has 1 rings (SSSR count). The Morgan fingerprint density at radius 2 is 2.00 bits per heavy atom. The summed E-state index contributed by atoms with van der Waals surface area (Å²) in [7, 11) is 4.10. The van der Waals surface area contributed by atoms with E-state index < -0.39 is 0 Å². The minimum absolute atomic E-state index is 0.322. The standard InChI is InChI=1S/C12H27N3O/c1-6-12(16)15(5)8-14(4)11-7-10(11)13-9(2)3/h9-13,16H,6-8H2,1-5H3. The molecule has 0 amide bonds. The molecule has 1 saturated carbocycles. The molecule has 0 aromatic heterocycles. The van der Waals surface area contributed by atoms with Crippen LogP contribution in [-0.2, 0) is 0 Å². The second-order valence-corrected chi connectivity index (χ2v) is 5.28. The number of hydrogen-bond donors (Lipinski definition) is 2. The molecule has 16 heavy (non-hydrogen) atoms. The maximum atomic E-state index is 9.67. The second kappa shape index (κ2) is 5.96. The maximum absolute atomic E-state index is 9.67. The van der Waals surface area contributed by atoms with Gasteiger partial charge in [0.05, 0.1) is 6.67 Å². The number of likely N-dealkylation sites (N-methyl/N-ethyl adjacent to an activating group) is 1. The van der Waals surface area contributed by atoms with Gasteiger partial charge in [-0.25, -0.2) is 0 Å². The first-order chi connectivity index (χ1) is 7.45. The van der Waals surface area contributed by atoms with Crippen LogP contribution in [0.4, 0.5) is 0 Å². The van der Waals surface area contributed by atoms with Crippen molar-refractivity contribution < 1.29 is 5.11 Å². The van der Waals surface area contributed by atoms with Gasteiger partial charge in [0.2, 0.25) is 0 Å². The van der Waals surface area contributed by atoms with Gasteiger partial charge in [0.1, 0.15) is 6.23 Å². The average molecular weight is 229 g/mol. The Hall–Kier alpha value is -0.160. The molecule has 96 valence electrons. The highest BCUT2D eigenvalue weighted by Crippen LogP contribution is 2.27. The molecule has 4 nitrogen and oxygen atoms in total. The summed E-state index contributed by atoms with van der Waals surface area (Å²) in [4.78, 5) is 4.31. The Kier molecular flexibility index (Phi) is 5.18. The number of nitrogens with one attached hydrogen (secondary N) is 1. The molecule has 3 atom stereocenters. The summed E-state index contributed by atoms with van der Waals surface area (Å²) in [5.74, 6) is 0. The Labute approximate surface area is 99.6 Å². The summed E-state index contributed by atoms with van der Waals surface area (Å²) in [6, 6.07) is 1.83. The van der Waals surface area contributed by atoms with Crippen molar-refractivity contribution in [3.05, 3.63) is 0 Å². The van der Waals surface area contributed by atoms with E-state index in [0.29, 0.717) is 18.1 Å². The highest BCUT2D eigenvalue weighted by atomic mass is 16.3. The number of aliphatic hydroxyl groups excluding tert-OH is 1. The van der Waals surface area contributed by atoms with Gasteiger partial charge in [-0.15, -0.1) is 0 Å². The monoisotopic (exact) mass is 229 g/mol. The Morgan fingerprint density at radius 3 is 2.50 bits per heavy atom. The molecule has 0 radical (unpaired) electrons. The molecule has 0 bridgehead atoms. The Balaban J connectivity index is 2.24. The smallest absolute Gasteiger partial charge is 0.107 e. The summed E-state index contributed by atoms with van der Waals surface area (Å²) < 4.78 is 0. The van der Waals surface area contributed by atoms with Crippen LogP contribution in [0, 0.1) is 0 Å². The van der Waals surface area contributed by atoms with Gasteiger partial charge in [-0.3, -0.25) is 9.80 Å². The number of rotatable bonds is 7. The molecule has 0 aliphatic heterocycles. The molecule has 3 unspecified atom stereocenters. The number of nitrogens with zero attached hydrogens (tertiary/aromatic N) is 2. The third-order valence-corrected chi connectivity index (χ3v) is 3.19. The van der Waals surface area contributed by atoms with Crippen molar-refractivity contribution >= 4 is 0 Å². The zero-order valence-corrected chi connectivity index (χ0v) is 11.3. The van der Waals surface area contributed by atoms with Crippen LogP contribution in [0.3, 0.4) is 0 Å². The predicted molar refractivity (Wildman–Crippen MR) is 67.2 cm³/mol. The van der Waals surface area contributed by atoms with Crippen molar-refractivity contribution in [3.8, 4) is 0 Å². The van der Waals surface area contributed by atoms with Gasteiger partial charge in [-0.05, 0) is 26.9 Å². The highest BCUT2D eigenvalue weighted by Gasteiger charge is 2.40. The van der Waals surface area contributed by atoms with Crippen LogP contribution in [0.2, 0.25) is 0 Å². The molecular weight excluding hydrogens is 202 g/mol. The lowest BCUT2D eigenvalue weighted by Crippen LogP contribution is -2.42. The lowest BCUT2D eigenvalue weighted by molar-refractivity contribution is -0.0113. The van der Waals surface area contributed by atoms with Crippen molar-refractivity contribution in [1.29, 1.82) is 0 Å². The SMILES string of the molecule is CCC(O)N(C)CN(C)C1CC1NC(C)C. The second-order valence-electron chi connectivity index (χ2n) is 5.28. The highest BCUT2D eigenvalue weighted by molar-refractivity contribution is 5.00. The van der Waals surface area contributed by atoms with Crippen molar-refractivity contribution in [2.45, 2.75) is 58.0 Å². The topological polar surface area (TPSA) is 38.7 Å². The fraction of sp³-hybridized carbons (Fsp3) is 1.00. The first-order valence-corrected chi connectivity index (χ1v) is 6.30. The molecule has 0 aromatic rings. The molecule has 1 aliphatic carbocycles. The van der Waals surface area contributed by atoms with Crippen LogP contribution in [0.5, 0.6) is 0 Å². The molecule has 1 fully saturated rings. The zero-order valence-electron chi connectivity index (χ0n) is 11.3. The van der Waals surface area contributed by atoms with Gasteiger partial charge in [0.15, 0.2) is 0 Å². The van der Waals surface area contributed by atoms with Crippen molar-refractivity contribution in [2.75, 3.05) is 20.8 Å². The van der Waals surface area contributed by atoms with Gasteiger partial charge in [0.25, 0.3) is 0 Å². The van der Waals surface area contributed by atoms with Gasteiger partial charge in [0, 0.05) is 18.1 Å². The summed E-state index contributed by atoms with van der Waals surface area (Å²) in [5, 5.41) is 13.2.